The molecular formula is C19H18N3O2S+. The van der Waals surface area contributed by atoms with Gasteiger partial charge < -0.3 is 5.73 Å². The molecule has 1 heterocycles. The summed E-state index contributed by atoms with van der Waals surface area (Å²) in [5, 5.41) is 0.762. The van der Waals surface area contributed by atoms with Crippen molar-refractivity contribution in [2.75, 3.05) is 12.8 Å². The Bertz CT molecular complexity index is 868. The topological polar surface area (TPSA) is 68.2 Å². The Morgan fingerprint density at radius 2 is 1.68 bits per heavy atom. The van der Waals surface area contributed by atoms with Crippen molar-refractivity contribution in [2.24, 2.45) is 0 Å². The van der Waals surface area contributed by atoms with Crippen molar-refractivity contribution in [3.05, 3.63) is 77.2 Å². The molecule has 5 nitrogen and oxygen atoms in total. The zero-order valence-electron chi connectivity index (χ0n) is 13.8. The maximum Gasteiger partial charge on any atom is 0.358 e. The van der Waals surface area contributed by atoms with E-state index in [0.717, 1.165) is 10.8 Å². The van der Waals surface area contributed by atoms with Crippen molar-refractivity contribution in [3.63, 3.8) is 0 Å². The van der Waals surface area contributed by atoms with Crippen LogP contribution in [0.5, 0.6) is 0 Å². The number of rotatable bonds is 6. The molecular weight excluding hydrogens is 334 g/mol. The van der Waals surface area contributed by atoms with E-state index in [-0.39, 0.29) is 11.5 Å². The van der Waals surface area contributed by atoms with Crippen LogP contribution < -0.4 is 5.73 Å². The molecule has 0 aliphatic carbocycles. The molecule has 2 N–H and O–H groups in total. The summed E-state index contributed by atoms with van der Waals surface area (Å²) < 4.78 is 0. The first-order valence-corrected chi connectivity index (χ1v) is 8.71. The van der Waals surface area contributed by atoms with E-state index < -0.39 is 0 Å². The number of hydrogen-bond donors (Lipinski definition) is 1. The van der Waals surface area contributed by atoms with Gasteiger partial charge >= 0.3 is 5.69 Å². The van der Waals surface area contributed by atoms with Gasteiger partial charge in [0.2, 0.25) is 5.82 Å². The third kappa shape index (κ3) is 4.16. The fraction of sp³-hybridized carbons (Fsp3) is 0.105. The van der Waals surface area contributed by atoms with Crippen LogP contribution in [-0.2, 0) is 10.6 Å². The lowest BCUT2D eigenvalue weighted by Gasteiger charge is -2.05. The third-order valence-corrected chi connectivity index (χ3v) is 4.69. The number of nitrogens with two attached hydrogens (primary N) is 1. The van der Waals surface area contributed by atoms with Crippen LogP contribution in [0.4, 0.5) is 11.5 Å². The predicted octanol–water partition coefficient (Wildman–Crippen LogP) is 4.59. The molecule has 1 aromatic heterocycles. The van der Waals surface area contributed by atoms with Gasteiger partial charge in [-0.1, -0.05) is 54.6 Å². The van der Waals surface area contributed by atoms with E-state index in [2.05, 4.69) is 46.2 Å². The Kier molecular flexibility index (Phi) is 5.30. The lowest BCUT2D eigenvalue weighted by atomic mass is 10.0. The molecule has 2 aromatic carbocycles. The molecule has 3 aromatic rings. The fourth-order valence-corrected chi connectivity index (χ4v) is 3.20. The Balaban J connectivity index is 1.66. The molecule has 25 heavy (non-hydrogen) atoms. The van der Waals surface area contributed by atoms with Gasteiger partial charge in [-0.05, 0) is 22.8 Å². The second kappa shape index (κ2) is 7.81. The SMILES string of the molecule is CO[N+](=O)c1ccc(SCc2ccc(-c3ccccc3)cc2)nc1N. The number of thioether (sulfide) groups is 1. The molecule has 0 aliphatic rings. The molecule has 0 saturated carbocycles. The highest BCUT2D eigenvalue weighted by Crippen LogP contribution is 2.27. The number of anilines is 1. The van der Waals surface area contributed by atoms with Crippen LogP contribution in [-0.4, -0.2) is 17.0 Å². The molecule has 0 aliphatic heterocycles. The van der Waals surface area contributed by atoms with Gasteiger partial charge in [0, 0.05) is 11.8 Å². The average Bonchev–Trinajstić information content (AvgIpc) is 2.67. The molecule has 3 rings (SSSR count). The largest absolute Gasteiger partial charge is 0.378 e. The number of nitrogen functional groups attached to an aromatic ring is 1. The van der Waals surface area contributed by atoms with Gasteiger partial charge in [0.1, 0.15) is 0 Å². The van der Waals surface area contributed by atoms with Crippen molar-refractivity contribution < 1.29 is 9.76 Å². The van der Waals surface area contributed by atoms with Gasteiger partial charge in [0.15, 0.2) is 7.11 Å². The normalized spacial score (nSPS) is 10.4. The molecule has 0 radical (unpaired) electrons. The van der Waals surface area contributed by atoms with Crippen LogP contribution >= 0.6 is 11.8 Å². The van der Waals surface area contributed by atoms with Crippen molar-refractivity contribution in [1.29, 1.82) is 0 Å². The summed E-state index contributed by atoms with van der Waals surface area (Å²) in [7, 11) is 1.29. The highest BCUT2D eigenvalue weighted by atomic mass is 32.2. The number of nitrogens with zero attached hydrogens (tertiary/aromatic N) is 2. The van der Waals surface area contributed by atoms with E-state index in [1.54, 1.807) is 23.9 Å². The van der Waals surface area contributed by atoms with Crippen LogP contribution in [0.15, 0.2) is 71.8 Å². The summed E-state index contributed by atoms with van der Waals surface area (Å²) in [5.41, 5.74) is 9.60. The van der Waals surface area contributed by atoms with Crippen LogP contribution in [0.1, 0.15) is 5.56 Å². The highest BCUT2D eigenvalue weighted by molar-refractivity contribution is 7.98. The van der Waals surface area contributed by atoms with Crippen LogP contribution in [0.3, 0.4) is 0 Å². The first-order valence-electron chi connectivity index (χ1n) is 7.72. The first-order chi connectivity index (χ1) is 12.2. The molecule has 0 saturated heterocycles. The van der Waals surface area contributed by atoms with Gasteiger partial charge in [0.25, 0.3) is 4.92 Å². The molecule has 126 valence electrons. The van der Waals surface area contributed by atoms with E-state index in [9.17, 15) is 4.91 Å². The second-order valence-corrected chi connectivity index (χ2v) is 6.34. The maximum absolute atomic E-state index is 11.4. The number of aromatic nitrogens is 1. The lowest BCUT2D eigenvalue weighted by molar-refractivity contribution is -0.736. The predicted molar refractivity (Wildman–Crippen MR) is 100 cm³/mol. The van der Waals surface area contributed by atoms with Gasteiger partial charge in [-0.2, -0.15) is 0 Å². The number of benzene rings is 2. The maximum atomic E-state index is 11.4. The van der Waals surface area contributed by atoms with Gasteiger partial charge in [-0.3, -0.25) is 0 Å². The Morgan fingerprint density at radius 1 is 1.00 bits per heavy atom. The number of pyridine rings is 1. The summed E-state index contributed by atoms with van der Waals surface area (Å²) in [4.78, 5) is 20.6. The average molecular weight is 352 g/mol. The fourth-order valence-electron chi connectivity index (χ4n) is 2.36. The van der Waals surface area contributed by atoms with E-state index in [0.29, 0.717) is 4.92 Å². The van der Waals surface area contributed by atoms with E-state index in [4.69, 9.17) is 5.73 Å². The zero-order chi connectivity index (χ0) is 17.6. The molecule has 0 spiro atoms. The second-order valence-electron chi connectivity index (χ2n) is 5.35. The van der Waals surface area contributed by atoms with Gasteiger partial charge in [-0.15, -0.1) is 11.8 Å². The molecule has 6 heteroatoms. The zero-order valence-corrected chi connectivity index (χ0v) is 14.6. The lowest BCUT2D eigenvalue weighted by Crippen LogP contribution is -2.03. The van der Waals surface area contributed by atoms with E-state index in [1.165, 1.54) is 23.8 Å². The summed E-state index contributed by atoms with van der Waals surface area (Å²) in [6, 6.07) is 22.1. The van der Waals surface area contributed by atoms with Gasteiger partial charge in [0.05, 0.1) is 9.93 Å². The minimum atomic E-state index is 0.154. The summed E-state index contributed by atoms with van der Waals surface area (Å²) in [5.74, 6) is 0.924. The smallest absolute Gasteiger partial charge is 0.358 e. The summed E-state index contributed by atoms with van der Waals surface area (Å²) >= 11 is 1.56. The quantitative estimate of drug-likeness (QED) is 0.519. The Hall–Kier alpha value is -2.86. The van der Waals surface area contributed by atoms with Crippen LogP contribution in [0.2, 0.25) is 0 Å². The standard InChI is InChI=1S/C19H18N3O2S/c1-24-22(23)17-11-12-18(21-19(17)20)25-13-14-7-9-16(10-8-14)15-5-3-2-4-6-15/h2-12H,13H2,1H3,(H2,20,21)/q+1. The van der Waals surface area contributed by atoms with E-state index >= 15 is 0 Å². The van der Waals surface area contributed by atoms with E-state index in [1.807, 2.05) is 18.2 Å². The van der Waals surface area contributed by atoms with Gasteiger partial charge in [-0.25, -0.2) is 9.82 Å². The summed E-state index contributed by atoms with van der Waals surface area (Å²) in [6.45, 7) is 0. The molecule has 0 atom stereocenters. The monoisotopic (exact) mass is 352 g/mol. The summed E-state index contributed by atoms with van der Waals surface area (Å²) in [6.07, 6.45) is 0. The van der Waals surface area contributed by atoms with Crippen LogP contribution in [0, 0.1) is 4.91 Å². The molecule has 0 bridgehead atoms. The Morgan fingerprint density at radius 3 is 2.32 bits per heavy atom. The molecule has 0 fully saturated rings. The molecule has 0 unspecified atom stereocenters. The molecule has 0 amide bonds. The minimum absolute atomic E-state index is 0.154. The minimum Gasteiger partial charge on any atom is -0.378 e. The highest BCUT2D eigenvalue weighted by Gasteiger charge is 2.20. The van der Waals surface area contributed by atoms with Crippen molar-refractivity contribution in [1.82, 2.24) is 4.98 Å². The number of hydrogen-bond acceptors (Lipinski definition) is 5. The van der Waals surface area contributed by atoms with Crippen molar-refractivity contribution in [3.8, 4) is 11.1 Å². The Labute approximate surface area is 150 Å². The van der Waals surface area contributed by atoms with Crippen molar-refractivity contribution in [2.45, 2.75) is 10.8 Å². The third-order valence-electron chi connectivity index (χ3n) is 3.69. The first kappa shape index (κ1) is 17.0. The van der Waals surface area contributed by atoms with Crippen LogP contribution in [0.25, 0.3) is 11.1 Å². The van der Waals surface area contributed by atoms with Crippen molar-refractivity contribution >= 4 is 23.3 Å².